The fourth-order valence-electron chi connectivity index (χ4n) is 1.86. The van der Waals surface area contributed by atoms with Gasteiger partial charge in [0.2, 0.25) is 0 Å². The van der Waals surface area contributed by atoms with Crippen molar-refractivity contribution in [2.24, 2.45) is 0 Å². The van der Waals surface area contributed by atoms with Crippen LogP contribution in [0.2, 0.25) is 10.0 Å². The minimum atomic E-state index is -0.134. The van der Waals surface area contributed by atoms with E-state index in [4.69, 9.17) is 28.9 Å². The molecule has 0 bridgehead atoms. The largest absolute Gasteiger partial charge is 0.383 e. The van der Waals surface area contributed by atoms with Gasteiger partial charge in [-0.05, 0) is 17.7 Å². The molecule has 0 aliphatic carbocycles. The number of nitrogens with two attached hydrogens (primary N) is 1. The van der Waals surface area contributed by atoms with E-state index in [1.807, 2.05) is 24.3 Å². The van der Waals surface area contributed by atoms with E-state index in [2.05, 4.69) is 25.9 Å². The van der Waals surface area contributed by atoms with Crippen molar-refractivity contribution in [1.82, 2.24) is 9.78 Å². The van der Waals surface area contributed by atoms with E-state index >= 15 is 0 Å². The Kier molecular flexibility index (Phi) is 3.79. The SMILES string of the molecule is CC(C)(C)c1nn(Cc2cccc(Cl)c2)c(N)c1Cl. The van der Waals surface area contributed by atoms with Gasteiger partial charge in [-0.15, -0.1) is 0 Å². The molecular formula is C14H17Cl2N3. The second kappa shape index (κ2) is 5.06. The van der Waals surface area contributed by atoms with Crippen molar-refractivity contribution < 1.29 is 0 Å². The number of hydrogen-bond donors (Lipinski definition) is 1. The van der Waals surface area contributed by atoms with Crippen molar-refractivity contribution in [3.63, 3.8) is 0 Å². The first kappa shape index (κ1) is 14.2. The zero-order valence-electron chi connectivity index (χ0n) is 11.2. The number of hydrogen-bond acceptors (Lipinski definition) is 2. The molecule has 2 N–H and O–H groups in total. The predicted molar refractivity (Wildman–Crippen MR) is 80.9 cm³/mol. The van der Waals surface area contributed by atoms with Crippen LogP contribution in [0.15, 0.2) is 24.3 Å². The molecule has 0 atom stereocenters. The van der Waals surface area contributed by atoms with E-state index in [9.17, 15) is 0 Å². The lowest BCUT2D eigenvalue weighted by molar-refractivity contribution is 0.546. The van der Waals surface area contributed by atoms with Gasteiger partial charge < -0.3 is 5.73 Å². The molecule has 0 saturated heterocycles. The fraction of sp³-hybridized carbons (Fsp3) is 0.357. The molecule has 0 spiro atoms. The van der Waals surface area contributed by atoms with Crippen LogP contribution in [0.3, 0.4) is 0 Å². The van der Waals surface area contributed by atoms with Crippen molar-refractivity contribution in [3.8, 4) is 0 Å². The van der Waals surface area contributed by atoms with Crippen molar-refractivity contribution in [3.05, 3.63) is 45.6 Å². The van der Waals surface area contributed by atoms with Crippen LogP contribution in [-0.4, -0.2) is 9.78 Å². The summed E-state index contributed by atoms with van der Waals surface area (Å²) < 4.78 is 1.72. The van der Waals surface area contributed by atoms with Gasteiger partial charge in [0.05, 0.1) is 12.2 Å². The monoisotopic (exact) mass is 297 g/mol. The highest BCUT2D eigenvalue weighted by Gasteiger charge is 2.24. The van der Waals surface area contributed by atoms with Crippen molar-refractivity contribution in [1.29, 1.82) is 0 Å². The minimum Gasteiger partial charge on any atom is -0.383 e. The lowest BCUT2D eigenvalue weighted by Crippen LogP contribution is -2.13. The summed E-state index contributed by atoms with van der Waals surface area (Å²) in [7, 11) is 0. The van der Waals surface area contributed by atoms with Gasteiger partial charge >= 0.3 is 0 Å². The van der Waals surface area contributed by atoms with Crippen molar-refractivity contribution >= 4 is 29.0 Å². The maximum Gasteiger partial charge on any atom is 0.141 e. The van der Waals surface area contributed by atoms with E-state index in [-0.39, 0.29) is 5.41 Å². The summed E-state index contributed by atoms with van der Waals surface area (Å²) in [6.45, 7) is 6.74. The summed E-state index contributed by atoms with van der Waals surface area (Å²) in [6.07, 6.45) is 0. The van der Waals surface area contributed by atoms with Gasteiger partial charge in [0.15, 0.2) is 0 Å². The number of halogens is 2. The number of nitrogens with zero attached hydrogens (tertiary/aromatic N) is 2. The van der Waals surface area contributed by atoms with Gasteiger partial charge in [-0.3, -0.25) is 0 Å². The van der Waals surface area contributed by atoms with Crippen LogP contribution in [-0.2, 0) is 12.0 Å². The Morgan fingerprint density at radius 2 is 1.95 bits per heavy atom. The average Bonchev–Trinajstić information content (AvgIpc) is 2.57. The molecule has 0 unspecified atom stereocenters. The van der Waals surface area contributed by atoms with Crippen LogP contribution in [0.1, 0.15) is 32.0 Å². The third-order valence-corrected chi connectivity index (χ3v) is 3.47. The molecule has 1 aromatic heterocycles. The van der Waals surface area contributed by atoms with Gasteiger partial charge in [0.25, 0.3) is 0 Å². The molecule has 2 aromatic rings. The Morgan fingerprint density at radius 1 is 1.26 bits per heavy atom. The number of aromatic nitrogens is 2. The number of rotatable bonds is 2. The molecule has 2 rings (SSSR count). The van der Waals surface area contributed by atoms with E-state index in [0.29, 0.717) is 22.4 Å². The fourth-order valence-corrected chi connectivity index (χ4v) is 2.49. The summed E-state index contributed by atoms with van der Waals surface area (Å²) in [6, 6.07) is 7.62. The lowest BCUT2D eigenvalue weighted by atomic mass is 9.92. The van der Waals surface area contributed by atoms with Gasteiger partial charge in [0.1, 0.15) is 10.8 Å². The standard InChI is InChI=1S/C14H17Cl2N3/c1-14(2,3)12-11(16)13(17)19(18-12)8-9-5-4-6-10(15)7-9/h4-7H,8,17H2,1-3H3. The molecule has 19 heavy (non-hydrogen) atoms. The van der Waals surface area contributed by atoms with Crippen LogP contribution in [0, 0.1) is 0 Å². The number of nitrogen functional groups attached to an aromatic ring is 1. The van der Waals surface area contributed by atoms with E-state index in [0.717, 1.165) is 11.3 Å². The van der Waals surface area contributed by atoms with Gasteiger partial charge in [0, 0.05) is 10.4 Å². The quantitative estimate of drug-likeness (QED) is 0.906. The van der Waals surface area contributed by atoms with Gasteiger partial charge in [-0.2, -0.15) is 5.10 Å². The Balaban J connectivity index is 2.37. The molecule has 0 fully saturated rings. The highest BCUT2D eigenvalue weighted by Crippen LogP contribution is 2.32. The van der Waals surface area contributed by atoms with Crippen molar-refractivity contribution in [2.45, 2.75) is 32.7 Å². The zero-order valence-corrected chi connectivity index (χ0v) is 12.8. The predicted octanol–water partition coefficient (Wildman–Crippen LogP) is 4.12. The van der Waals surface area contributed by atoms with Crippen LogP contribution in [0.5, 0.6) is 0 Å². The summed E-state index contributed by atoms with van der Waals surface area (Å²) in [5, 5.41) is 5.76. The molecule has 0 radical (unpaired) electrons. The van der Waals surface area contributed by atoms with Gasteiger partial charge in [-0.25, -0.2) is 4.68 Å². The summed E-state index contributed by atoms with van der Waals surface area (Å²) >= 11 is 12.2. The minimum absolute atomic E-state index is 0.134. The number of anilines is 1. The van der Waals surface area contributed by atoms with Crippen LogP contribution >= 0.6 is 23.2 Å². The Bertz CT molecular complexity index is 597. The molecule has 1 aromatic carbocycles. The molecule has 0 saturated carbocycles. The summed E-state index contributed by atoms with van der Waals surface area (Å²) in [4.78, 5) is 0. The van der Waals surface area contributed by atoms with E-state index in [1.54, 1.807) is 4.68 Å². The van der Waals surface area contributed by atoms with Crippen LogP contribution in [0.4, 0.5) is 5.82 Å². The third-order valence-electron chi connectivity index (χ3n) is 2.86. The average molecular weight is 298 g/mol. The molecule has 0 aliphatic rings. The molecule has 5 heteroatoms. The smallest absolute Gasteiger partial charge is 0.141 e. The molecule has 0 aliphatic heterocycles. The van der Waals surface area contributed by atoms with Crippen molar-refractivity contribution in [2.75, 3.05) is 5.73 Å². The maximum absolute atomic E-state index is 6.26. The Labute approximate surface area is 123 Å². The normalized spacial score (nSPS) is 11.8. The highest BCUT2D eigenvalue weighted by molar-refractivity contribution is 6.33. The Morgan fingerprint density at radius 3 is 2.47 bits per heavy atom. The van der Waals surface area contributed by atoms with Crippen LogP contribution < -0.4 is 5.73 Å². The molecule has 102 valence electrons. The third kappa shape index (κ3) is 3.04. The number of benzene rings is 1. The second-order valence-corrected chi connectivity index (χ2v) is 6.40. The second-order valence-electron chi connectivity index (χ2n) is 5.59. The van der Waals surface area contributed by atoms with E-state index in [1.165, 1.54) is 0 Å². The van der Waals surface area contributed by atoms with E-state index < -0.39 is 0 Å². The molecule has 1 heterocycles. The first-order valence-electron chi connectivity index (χ1n) is 6.06. The maximum atomic E-state index is 6.26. The summed E-state index contributed by atoms with van der Waals surface area (Å²) in [5.74, 6) is 0.492. The van der Waals surface area contributed by atoms with Crippen LogP contribution in [0.25, 0.3) is 0 Å². The topological polar surface area (TPSA) is 43.8 Å². The zero-order chi connectivity index (χ0) is 14.2. The summed E-state index contributed by atoms with van der Waals surface area (Å²) in [5.41, 5.74) is 7.74. The lowest BCUT2D eigenvalue weighted by Gasteiger charge is -2.15. The first-order valence-corrected chi connectivity index (χ1v) is 6.81. The molecular weight excluding hydrogens is 281 g/mol. The molecule has 0 amide bonds. The van der Waals surface area contributed by atoms with Gasteiger partial charge in [-0.1, -0.05) is 56.1 Å². The molecule has 3 nitrogen and oxygen atoms in total. The Hall–Kier alpha value is -1.19. The first-order chi connectivity index (χ1) is 8.79. The highest BCUT2D eigenvalue weighted by atomic mass is 35.5.